The molecule has 1 aromatic rings. The molecular formula is C16H25NO2. The molecular weight excluding hydrogens is 238 g/mol. The maximum atomic E-state index is 10.9. The Bertz CT molecular complexity index is 400. The molecule has 0 radical (unpaired) electrons. The molecule has 106 valence electrons. The van der Waals surface area contributed by atoms with Gasteiger partial charge >= 0.3 is 5.97 Å². The van der Waals surface area contributed by atoms with E-state index in [-0.39, 0.29) is 0 Å². The summed E-state index contributed by atoms with van der Waals surface area (Å²) >= 11 is 0. The van der Waals surface area contributed by atoms with Crippen molar-refractivity contribution in [2.24, 2.45) is 0 Å². The number of carboxylic acid groups (broad SMARTS) is 1. The van der Waals surface area contributed by atoms with Crippen LogP contribution in [0.5, 0.6) is 0 Å². The van der Waals surface area contributed by atoms with Gasteiger partial charge in [0.15, 0.2) is 0 Å². The van der Waals surface area contributed by atoms with Crippen LogP contribution in [-0.4, -0.2) is 35.6 Å². The maximum absolute atomic E-state index is 10.9. The highest BCUT2D eigenvalue weighted by Crippen LogP contribution is 2.19. The van der Waals surface area contributed by atoms with Crippen LogP contribution in [-0.2, 0) is 11.2 Å². The minimum Gasteiger partial charge on any atom is -0.480 e. The highest BCUT2D eigenvalue weighted by atomic mass is 16.4. The molecule has 1 rings (SSSR count). The Morgan fingerprint density at radius 3 is 2.32 bits per heavy atom. The van der Waals surface area contributed by atoms with E-state index in [4.69, 9.17) is 5.11 Å². The molecule has 3 nitrogen and oxygen atoms in total. The van der Waals surface area contributed by atoms with Crippen LogP contribution in [0.15, 0.2) is 24.3 Å². The van der Waals surface area contributed by atoms with E-state index in [0.29, 0.717) is 5.92 Å². The Kier molecular flexibility index (Phi) is 6.03. The molecule has 1 N–H and O–H groups in total. The lowest BCUT2D eigenvalue weighted by Gasteiger charge is -2.21. The number of nitrogens with zero attached hydrogens (tertiary/aromatic N) is 1. The molecule has 1 aromatic carbocycles. The molecule has 0 spiro atoms. The monoisotopic (exact) mass is 263 g/mol. The highest BCUT2D eigenvalue weighted by molar-refractivity contribution is 5.72. The number of carbonyl (C=O) groups is 1. The van der Waals surface area contributed by atoms with Gasteiger partial charge in [-0.05, 0) is 43.9 Å². The number of benzene rings is 1. The van der Waals surface area contributed by atoms with E-state index in [0.717, 1.165) is 19.4 Å². The van der Waals surface area contributed by atoms with Crippen molar-refractivity contribution >= 4 is 5.97 Å². The predicted octanol–water partition coefficient (Wildman–Crippen LogP) is 3.15. The Hall–Kier alpha value is -1.35. The van der Waals surface area contributed by atoms with Crippen LogP contribution in [0.4, 0.5) is 0 Å². The number of likely N-dealkylation sites (N-methyl/N-ethyl adjacent to an activating group) is 1. The number of hydrogen-bond donors (Lipinski definition) is 1. The van der Waals surface area contributed by atoms with E-state index in [1.807, 2.05) is 11.9 Å². The molecule has 0 aromatic heterocycles. The van der Waals surface area contributed by atoms with Crippen LogP contribution in [0.1, 0.15) is 44.2 Å². The molecule has 3 heteroatoms. The fourth-order valence-electron chi connectivity index (χ4n) is 1.94. The second-order valence-corrected chi connectivity index (χ2v) is 5.30. The summed E-state index contributed by atoms with van der Waals surface area (Å²) in [6.45, 7) is 6.91. The Balaban J connectivity index is 2.52. The minimum absolute atomic E-state index is 0.431. The SMILES string of the molecule is CCC(C)c1ccc(CCN(C)C(C)C(=O)O)cc1. The molecule has 0 heterocycles. The summed E-state index contributed by atoms with van der Waals surface area (Å²) < 4.78 is 0. The molecule has 19 heavy (non-hydrogen) atoms. The summed E-state index contributed by atoms with van der Waals surface area (Å²) in [4.78, 5) is 12.7. The van der Waals surface area contributed by atoms with Gasteiger partial charge in [0.25, 0.3) is 0 Å². The van der Waals surface area contributed by atoms with Crippen LogP contribution in [0, 0.1) is 0 Å². The number of aliphatic carboxylic acids is 1. The van der Waals surface area contributed by atoms with Gasteiger partial charge in [-0.2, -0.15) is 0 Å². The molecule has 0 aliphatic heterocycles. The largest absolute Gasteiger partial charge is 0.480 e. The van der Waals surface area contributed by atoms with E-state index in [1.54, 1.807) is 6.92 Å². The average Bonchev–Trinajstić information content (AvgIpc) is 2.43. The van der Waals surface area contributed by atoms with Crippen molar-refractivity contribution < 1.29 is 9.90 Å². The van der Waals surface area contributed by atoms with E-state index < -0.39 is 12.0 Å². The first kappa shape index (κ1) is 15.7. The lowest BCUT2D eigenvalue weighted by Crippen LogP contribution is -2.37. The van der Waals surface area contributed by atoms with Crippen LogP contribution >= 0.6 is 0 Å². The summed E-state index contributed by atoms with van der Waals surface area (Å²) in [6.07, 6.45) is 2.03. The van der Waals surface area contributed by atoms with E-state index >= 15 is 0 Å². The van der Waals surface area contributed by atoms with Gasteiger partial charge in [-0.25, -0.2) is 0 Å². The van der Waals surface area contributed by atoms with E-state index in [1.165, 1.54) is 11.1 Å². The topological polar surface area (TPSA) is 40.5 Å². The number of rotatable bonds is 7. The minimum atomic E-state index is -0.769. The summed E-state index contributed by atoms with van der Waals surface area (Å²) in [5.74, 6) is -0.168. The summed E-state index contributed by atoms with van der Waals surface area (Å²) in [7, 11) is 1.85. The molecule has 0 fully saturated rings. The number of hydrogen-bond acceptors (Lipinski definition) is 2. The van der Waals surface area contributed by atoms with Crippen LogP contribution in [0.3, 0.4) is 0 Å². The van der Waals surface area contributed by atoms with E-state index in [2.05, 4.69) is 38.1 Å². The summed E-state index contributed by atoms with van der Waals surface area (Å²) in [5, 5.41) is 8.93. The zero-order chi connectivity index (χ0) is 14.4. The Morgan fingerprint density at radius 1 is 1.26 bits per heavy atom. The zero-order valence-electron chi connectivity index (χ0n) is 12.4. The fourth-order valence-corrected chi connectivity index (χ4v) is 1.94. The van der Waals surface area contributed by atoms with Crippen molar-refractivity contribution in [1.29, 1.82) is 0 Å². The van der Waals surface area contributed by atoms with Gasteiger partial charge in [0.05, 0.1) is 0 Å². The van der Waals surface area contributed by atoms with Gasteiger partial charge in [-0.15, -0.1) is 0 Å². The molecule has 0 aliphatic carbocycles. The molecule has 2 atom stereocenters. The predicted molar refractivity (Wildman–Crippen MR) is 78.6 cm³/mol. The molecule has 0 aliphatic rings. The maximum Gasteiger partial charge on any atom is 0.320 e. The van der Waals surface area contributed by atoms with Crippen molar-refractivity contribution in [1.82, 2.24) is 4.90 Å². The second kappa shape index (κ2) is 7.29. The first-order valence-electron chi connectivity index (χ1n) is 6.97. The zero-order valence-corrected chi connectivity index (χ0v) is 12.4. The fraction of sp³-hybridized carbons (Fsp3) is 0.562. The normalized spacial score (nSPS) is 14.4. The van der Waals surface area contributed by atoms with Gasteiger partial charge in [0.2, 0.25) is 0 Å². The smallest absolute Gasteiger partial charge is 0.320 e. The molecule has 0 bridgehead atoms. The van der Waals surface area contributed by atoms with Crippen molar-refractivity contribution in [2.45, 2.75) is 45.6 Å². The Labute approximate surface area is 116 Å². The molecule has 0 saturated heterocycles. The summed E-state index contributed by atoms with van der Waals surface area (Å²) in [6, 6.07) is 8.25. The van der Waals surface area contributed by atoms with Crippen molar-refractivity contribution in [3.05, 3.63) is 35.4 Å². The van der Waals surface area contributed by atoms with Crippen molar-refractivity contribution in [3.8, 4) is 0 Å². The lowest BCUT2D eigenvalue weighted by molar-refractivity contribution is -0.142. The first-order chi connectivity index (χ1) is 8.95. The number of carboxylic acids is 1. The van der Waals surface area contributed by atoms with Crippen LogP contribution < -0.4 is 0 Å². The van der Waals surface area contributed by atoms with Gasteiger partial charge in [-0.1, -0.05) is 38.1 Å². The quantitative estimate of drug-likeness (QED) is 0.821. The highest BCUT2D eigenvalue weighted by Gasteiger charge is 2.15. The Morgan fingerprint density at radius 2 is 1.84 bits per heavy atom. The standard InChI is InChI=1S/C16H25NO2/c1-5-12(2)15-8-6-14(7-9-15)10-11-17(4)13(3)16(18)19/h6-9,12-13H,5,10-11H2,1-4H3,(H,18,19). The van der Waals surface area contributed by atoms with Gasteiger partial charge in [-0.3, -0.25) is 9.69 Å². The molecule has 0 amide bonds. The second-order valence-electron chi connectivity index (χ2n) is 5.30. The van der Waals surface area contributed by atoms with Crippen molar-refractivity contribution in [3.63, 3.8) is 0 Å². The van der Waals surface area contributed by atoms with E-state index in [9.17, 15) is 4.79 Å². The third-order valence-electron chi connectivity index (χ3n) is 3.93. The average molecular weight is 263 g/mol. The van der Waals surface area contributed by atoms with Gasteiger partial charge in [0.1, 0.15) is 6.04 Å². The first-order valence-corrected chi connectivity index (χ1v) is 6.97. The van der Waals surface area contributed by atoms with Crippen molar-refractivity contribution in [2.75, 3.05) is 13.6 Å². The third kappa shape index (κ3) is 4.67. The van der Waals surface area contributed by atoms with Crippen LogP contribution in [0.2, 0.25) is 0 Å². The molecule has 0 saturated carbocycles. The molecule has 2 unspecified atom stereocenters. The third-order valence-corrected chi connectivity index (χ3v) is 3.93. The van der Waals surface area contributed by atoms with Gasteiger partial charge < -0.3 is 5.11 Å². The van der Waals surface area contributed by atoms with Crippen LogP contribution in [0.25, 0.3) is 0 Å². The van der Waals surface area contributed by atoms with Gasteiger partial charge in [0, 0.05) is 6.54 Å². The lowest BCUT2D eigenvalue weighted by atomic mass is 9.97. The summed E-state index contributed by atoms with van der Waals surface area (Å²) in [5.41, 5.74) is 2.63.